The van der Waals surface area contributed by atoms with Gasteiger partial charge in [0, 0.05) is 0 Å². The van der Waals surface area contributed by atoms with E-state index >= 15 is 0 Å². The number of nitrogens with zero attached hydrogens (tertiary/aromatic N) is 3. The maximum absolute atomic E-state index is 13.3. The predicted octanol–water partition coefficient (Wildman–Crippen LogP) is 2.83. The number of carbonyl (C=O) groups excluding carboxylic acids is 2. The van der Waals surface area contributed by atoms with E-state index in [2.05, 4.69) is 15.3 Å². The summed E-state index contributed by atoms with van der Waals surface area (Å²) < 4.78 is 0. The van der Waals surface area contributed by atoms with Gasteiger partial charge >= 0.3 is 6.03 Å². The van der Waals surface area contributed by atoms with E-state index in [9.17, 15) is 9.59 Å². The molecule has 0 unspecified atom stereocenters. The molecule has 6 nitrogen and oxygen atoms in total. The lowest BCUT2D eigenvalue weighted by atomic mass is 9.92. The Morgan fingerprint density at radius 2 is 1.74 bits per heavy atom. The molecule has 3 aromatic rings. The first-order valence-electron chi connectivity index (χ1n) is 9.03. The third kappa shape index (κ3) is 2.26. The lowest BCUT2D eigenvalue weighted by Crippen LogP contribution is -2.41. The largest absolute Gasteiger partial charge is 0.325 e. The summed E-state index contributed by atoms with van der Waals surface area (Å²) in [5.41, 5.74) is 4.01. The highest BCUT2D eigenvalue weighted by Gasteiger charge is 2.55. The van der Waals surface area contributed by atoms with E-state index in [0.29, 0.717) is 12.1 Å². The summed E-state index contributed by atoms with van der Waals surface area (Å²) in [7, 11) is 0. The van der Waals surface area contributed by atoms with Crippen LogP contribution in [0.1, 0.15) is 28.9 Å². The summed E-state index contributed by atoms with van der Waals surface area (Å²) in [4.78, 5) is 36.4. The standard InChI is InChI=1S/C21H18N4O2/c1-13-18(23-17-9-5-4-8-16(17)22-13)12-25-19(26)21(24-20(25)27)11-10-14-6-2-3-7-15(14)21/h2-9H,10-12H2,1H3,(H,24,27)/t21-/m0/s1. The van der Waals surface area contributed by atoms with Crippen LogP contribution in [0, 0.1) is 6.92 Å². The third-order valence-corrected chi connectivity index (χ3v) is 5.57. The summed E-state index contributed by atoms with van der Waals surface area (Å²) in [6.45, 7) is 1.98. The fourth-order valence-electron chi connectivity index (χ4n) is 4.16. The lowest BCUT2D eigenvalue weighted by molar-refractivity contribution is -0.132. The first-order valence-corrected chi connectivity index (χ1v) is 9.03. The summed E-state index contributed by atoms with van der Waals surface area (Å²) in [5, 5.41) is 2.95. The van der Waals surface area contributed by atoms with Crippen molar-refractivity contribution in [2.24, 2.45) is 0 Å². The normalized spacial score (nSPS) is 21.1. The van der Waals surface area contributed by atoms with E-state index in [1.165, 1.54) is 4.90 Å². The Labute approximate surface area is 156 Å². The molecule has 0 bridgehead atoms. The molecule has 27 heavy (non-hydrogen) atoms. The Morgan fingerprint density at radius 3 is 2.56 bits per heavy atom. The molecule has 2 heterocycles. The van der Waals surface area contributed by atoms with Crippen molar-refractivity contribution >= 4 is 23.0 Å². The lowest BCUT2D eigenvalue weighted by Gasteiger charge is -2.22. The zero-order valence-electron chi connectivity index (χ0n) is 14.9. The Hall–Kier alpha value is -3.28. The molecule has 2 aliphatic rings. The van der Waals surface area contributed by atoms with Crippen LogP contribution in [0.3, 0.4) is 0 Å². The van der Waals surface area contributed by atoms with Gasteiger partial charge in [0.05, 0.1) is 29.0 Å². The van der Waals surface area contributed by atoms with Crippen LogP contribution in [-0.4, -0.2) is 26.8 Å². The van der Waals surface area contributed by atoms with Gasteiger partial charge in [-0.1, -0.05) is 36.4 Å². The smallest absolute Gasteiger partial charge is 0.319 e. The quantitative estimate of drug-likeness (QED) is 0.715. The number of hydrogen-bond donors (Lipinski definition) is 1. The van der Waals surface area contributed by atoms with Crippen LogP contribution < -0.4 is 5.32 Å². The highest BCUT2D eigenvalue weighted by molar-refractivity contribution is 6.08. The summed E-state index contributed by atoms with van der Waals surface area (Å²) >= 11 is 0. The van der Waals surface area contributed by atoms with Gasteiger partial charge in [-0.05, 0) is 43.0 Å². The van der Waals surface area contributed by atoms with Crippen LogP contribution in [0.15, 0.2) is 48.5 Å². The van der Waals surface area contributed by atoms with E-state index < -0.39 is 5.54 Å². The van der Waals surface area contributed by atoms with E-state index in [1.807, 2.05) is 55.5 Å². The van der Waals surface area contributed by atoms with Crippen molar-refractivity contribution < 1.29 is 9.59 Å². The maximum Gasteiger partial charge on any atom is 0.325 e. The van der Waals surface area contributed by atoms with Crippen LogP contribution in [0.4, 0.5) is 4.79 Å². The molecular formula is C21H18N4O2. The minimum atomic E-state index is -0.939. The fourth-order valence-corrected chi connectivity index (χ4v) is 4.16. The van der Waals surface area contributed by atoms with Crippen molar-refractivity contribution in [2.75, 3.05) is 0 Å². The molecule has 1 saturated heterocycles. The van der Waals surface area contributed by atoms with Gasteiger partial charge < -0.3 is 5.32 Å². The Bertz CT molecular complexity index is 1110. The molecule has 3 amide bonds. The van der Waals surface area contributed by atoms with Gasteiger partial charge in [-0.25, -0.2) is 14.8 Å². The van der Waals surface area contributed by atoms with Crippen LogP contribution in [0.5, 0.6) is 0 Å². The van der Waals surface area contributed by atoms with Crippen LogP contribution >= 0.6 is 0 Å². The van der Waals surface area contributed by atoms with Crippen molar-refractivity contribution in [2.45, 2.75) is 31.8 Å². The molecule has 1 aliphatic heterocycles. The molecular weight excluding hydrogens is 340 g/mol. The van der Waals surface area contributed by atoms with Crippen molar-refractivity contribution in [3.05, 3.63) is 71.0 Å². The second-order valence-corrected chi connectivity index (χ2v) is 7.13. The molecule has 0 saturated carbocycles. The third-order valence-electron chi connectivity index (χ3n) is 5.57. The molecule has 1 spiro atoms. The molecule has 134 valence electrons. The van der Waals surface area contributed by atoms with Crippen molar-refractivity contribution in [3.63, 3.8) is 0 Å². The summed E-state index contributed by atoms with van der Waals surface area (Å²) in [6.07, 6.45) is 1.38. The second kappa shape index (κ2) is 5.61. The first-order chi connectivity index (χ1) is 13.1. The zero-order valence-corrected chi connectivity index (χ0v) is 14.9. The topological polar surface area (TPSA) is 75.2 Å². The maximum atomic E-state index is 13.3. The van der Waals surface area contributed by atoms with Gasteiger partial charge in [0.15, 0.2) is 0 Å². The first kappa shape index (κ1) is 15.9. The van der Waals surface area contributed by atoms with Gasteiger partial charge in [0.25, 0.3) is 5.91 Å². The number of urea groups is 1. The number of para-hydroxylation sites is 2. The summed E-state index contributed by atoms with van der Waals surface area (Å²) in [6, 6.07) is 15.0. The van der Waals surface area contributed by atoms with Crippen LogP contribution in [-0.2, 0) is 23.3 Å². The van der Waals surface area contributed by atoms with Crippen molar-refractivity contribution in [1.82, 2.24) is 20.2 Å². The van der Waals surface area contributed by atoms with Crippen molar-refractivity contribution in [3.8, 4) is 0 Å². The average Bonchev–Trinajstić information content (AvgIpc) is 3.16. The van der Waals surface area contributed by atoms with Gasteiger partial charge in [-0.3, -0.25) is 9.69 Å². The Morgan fingerprint density at radius 1 is 1.04 bits per heavy atom. The number of nitrogens with one attached hydrogen (secondary N) is 1. The molecule has 6 heteroatoms. The number of benzene rings is 2. The molecule has 1 aromatic heterocycles. The number of aryl methyl sites for hydroxylation is 2. The van der Waals surface area contributed by atoms with E-state index in [1.54, 1.807) is 0 Å². The second-order valence-electron chi connectivity index (χ2n) is 7.13. The van der Waals surface area contributed by atoms with Crippen LogP contribution in [0.25, 0.3) is 11.0 Å². The number of imide groups is 1. The molecule has 1 aliphatic carbocycles. The van der Waals surface area contributed by atoms with Gasteiger partial charge in [0.2, 0.25) is 0 Å². The van der Waals surface area contributed by atoms with Crippen molar-refractivity contribution in [1.29, 1.82) is 0 Å². The highest BCUT2D eigenvalue weighted by Crippen LogP contribution is 2.41. The number of rotatable bonds is 2. The van der Waals surface area contributed by atoms with E-state index in [-0.39, 0.29) is 18.5 Å². The molecule has 0 radical (unpaired) electrons. The zero-order chi connectivity index (χ0) is 18.6. The van der Waals surface area contributed by atoms with E-state index in [0.717, 1.165) is 34.3 Å². The van der Waals surface area contributed by atoms with Crippen LogP contribution in [0.2, 0.25) is 0 Å². The molecule has 5 rings (SSSR count). The summed E-state index contributed by atoms with van der Waals surface area (Å²) in [5.74, 6) is -0.202. The Kier molecular flexibility index (Phi) is 3.31. The van der Waals surface area contributed by atoms with Gasteiger partial charge in [0.1, 0.15) is 5.54 Å². The predicted molar refractivity (Wildman–Crippen MR) is 99.8 cm³/mol. The number of aromatic nitrogens is 2. The molecule has 2 aromatic carbocycles. The minimum absolute atomic E-state index is 0.123. The average molecular weight is 358 g/mol. The molecule has 1 fully saturated rings. The number of carbonyl (C=O) groups is 2. The van der Waals surface area contributed by atoms with E-state index in [4.69, 9.17) is 0 Å². The monoisotopic (exact) mass is 358 g/mol. The number of amides is 3. The molecule has 1 N–H and O–H groups in total. The minimum Gasteiger partial charge on any atom is -0.319 e. The van der Waals surface area contributed by atoms with Gasteiger partial charge in [-0.2, -0.15) is 0 Å². The molecule has 1 atom stereocenters. The SMILES string of the molecule is Cc1nc2ccccc2nc1CN1C(=O)N[C@]2(CCc3ccccc32)C1=O. The fraction of sp³-hybridized carbons (Fsp3) is 0.238. The van der Waals surface area contributed by atoms with Gasteiger partial charge in [-0.15, -0.1) is 0 Å². The number of hydrogen-bond acceptors (Lipinski definition) is 4. The highest BCUT2D eigenvalue weighted by atomic mass is 16.2. The number of fused-ring (bicyclic) bond motifs is 3. The Balaban J connectivity index is 1.51.